The normalized spacial score (nSPS) is 26.2. The van der Waals surface area contributed by atoms with E-state index >= 15 is 0 Å². The van der Waals surface area contributed by atoms with Crippen molar-refractivity contribution >= 4 is 5.91 Å². The molecule has 1 amide bonds. The fraction of sp³-hybridized carbons (Fsp3) is 0.917. The fourth-order valence-electron chi connectivity index (χ4n) is 14.6. The summed E-state index contributed by atoms with van der Waals surface area (Å²) in [5, 5.41) is 121. The van der Waals surface area contributed by atoms with E-state index in [2.05, 4.69) is 55.6 Å². The predicted molar refractivity (Wildman–Crippen MR) is 411 cm³/mol. The molecule has 0 radical (unpaired) electrons. The van der Waals surface area contributed by atoms with Gasteiger partial charge in [-0.2, -0.15) is 0 Å². The van der Waals surface area contributed by atoms with Crippen LogP contribution in [0, 0.1) is 0 Å². The van der Waals surface area contributed by atoms with Gasteiger partial charge in [-0.15, -0.1) is 0 Å². The molecular weight excluding hydrogens is 1310 g/mol. The molecule has 3 aliphatic heterocycles. The van der Waals surface area contributed by atoms with Crippen LogP contribution in [0.4, 0.5) is 0 Å². The minimum absolute atomic E-state index is 0.235. The van der Waals surface area contributed by atoms with Crippen LogP contribution in [0.2, 0.25) is 0 Å². The smallest absolute Gasteiger partial charge is 0.220 e. The van der Waals surface area contributed by atoms with E-state index in [4.69, 9.17) is 28.4 Å². The molecule has 17 atom stereocenters. The van der Waals surface area contributed by atoms with Crippen molar-refractivity contribution in [2.75, 3.05) is 26.4 Å². The number of amides is 1. The molecule has 19 nitrogen and oxygen atoms in total. The van der Waals surface area contributed by atoms with Crippen molar-refractivity contribution in [3.8, 4) is 0 Å². The second kappa shape index (κ2) is 64.8. The zero-order valence-corrected chi connectivity index (χ0v) is 65.1. The van der Waals surface area contributed by atoms with Crippen LogP contribution in [0.25, 0.3) is 0 Å². The van der Waals surface area contributed by atoms with Gasteiger partial charge in [-0.3, -0.25) is 4.79 Å². The van der Waals surface area contributed by atoms with Gasteiger partial charge in [0, 0.05) is 6.42 Å². The lowest BCUT2D eigenvalue weighted by atomic mass is 9.96. The molecule has 0 bridgehead atoms. The van der Waals surface area contributed by atoms with Crippen LogP contribution >= 0.6 is 0 Å². The molecule has 3 rings (SSSR count). The second-order valence-corrected chi connectivity index (χ2v) is 30.7. The number of carbonyl (C=O) groups excluding carboxylic acids is 1. The molecule has 3 saturated heterocycles. The van der Waals surface area contributed by atoms with Gasteiger partial charge in [-0.25, -0.2) is 0 Å². The highest BCUT2D eigenvalue weighted by molar-refractivity contribution is 5.76. The van der Waals surface area contributed by atoms with Crippen molar-refractivity contribution in [2.24, 2.45) is 0 Å². The third-order valence-electron chi connectivity index (χ3n) is 21.5. The van der Waals surface area contributed by atoms with Gasteiger partial charge < -0.3 is 89.9 Å². The average molecular weight is 1470 g/mol. The number of nitrogens with one attached hydrogen (secondary N) is 1. The molecule has 0 spiro atoms. The number of unbranched alkanes of at least 4 members (excludes halogenated alkanes) is 47. The standard InChI is InChI=1S/C84H157NO18/c1-3-5-7-9-11-13-15-17-19-21-23-25-26-27-28-29-30-31-32-33-34-35-36-37-38-39-40-42-44-46-48-50-52-54-56-58-60-62-72(90)85-67(68(89)61-59-57-55-53-51-49-47-45-43-41-24-22-20-18-16-14-12-10-8-6-4-2)66-98-82-78(96)75(93)80(70(64-87)100-82)103-84-79(97)76(94)81(71(65-88)101-84)102-83-77(95)74(92)73(91)69(63-86)99-83/h15,17,21,23,26-27,67-71,73-84,86-89,91-97H,3-14,16,18-20,22,24-25,28-66H2,1-2H3,(H,85,90)/b17-15-,23-21-,27-26-. The Bertz CT molecular complexity index is 2000. The highest BCUT2D eigenvalue weighted by Crippen LogP contribution is 2.33. The summed E-state index contributed by atoms with van der Waals surface area (Å²) in [6.45, 7) is 1.85. The monoisotopic (exact) mass is 1470 g/mol. The molecule has 0 aromatic heterocycles. The molecule has 0 aromatic carbocycles. The van der Waals surface area contributed by atoms with E-state index in [0.717, 1.165) is 57.8 Å². The number of hydrogen-bond acceptors (Lipinski definition) is 18. The minimum atomic E-state index is -1.97. The summed E-state index contributed by atoms with van der Waals surface area (Å²) in [5.41, 5.74) is 0. The Kier molecular flexibility index (Phi) is 59.9. The zero-order valence-electron chi connectivity index (χ0n) is 65.1. The number of ether oxygens (including phenoxy) is 6. The largest absolute Gasteiger partial charge is 0.394 e. The maximum atomic E-state index is 13.5. The third kappa shape index (κ3) is 44.5. The molecule has 19 heteroatoms. The molecule has 103 heavy (non-hydrogen) atoms. The van der Waals surface area contributed by atoms with Crippen molar-refractivity contribution in [3.05, 3.63) is 36.5 Å². The van der Waals surface area contributed by atoms with E-state index in [1.807, 2.05) is 0 Å². The Hall–Kier alpha value is -1.99. The molecule has 17 unspecified atom stereocenters. The number of aliphatic hydroxyl groups excluding tert-OH is 11. The number of allylic oxidation sites excluding steroid dienone is 6. The van der Waals surface area contributed by atoms with E-state index in [0.29, 0.717) is 12.8 Å². The highest BCUT2D eigenvalue weighted by atomic mass is 16.8. The summed E-state index contributed by atoms with van der Waals surface area (Å²) >= 11 is 0. The maximum absolute atomic E-state index is 13.5. The van der Waals surface area contributed by atoms with Gasteiger partial charge in [0.1, 0.15) is 73.2 Å². The Morgan fingerprint density at radius 3 is 1.00 bits per heavy atom. The number of rotatable bonds is 69. The maximum Gasteiger partial charge on any atom is 0.220 e. The van der Waals surface area contributed by atoms with Gasteiger partial charge >= 0.3 is 0 Å². The summed E-state index contributed by atoms with van der Waals surface area (Å²) in [6.07, 6.45) is 53.9. The van der Waals surface area contributed by atoms with Crippen LogP contribution in [-0.2, 0) is 33.2 Å². The zero-order chi connectivity index (χ0) is 74.6. The predicted octanol–water partition coefficient (Wildman–Crippen LogP) is 15.1. The van der Waals surface area contributed by atoms with Crippen LogP contribution in [0.3, 0.4) is 0 Å². The Labute approximate surface area is 625 Å². The van der Waals surface area contributed by atoms with Crippen molar-refractivity contribution in [1.82, 2.24) is 5.32 Å². The molecular formula is C84H157NO18. The topological polar surface area (TPSA) is 307 Å². The fourth-order valence-corrected chi connectivity index (χ4v) is 14.6. The van der Waals surface area contributed by atoms with E-state index in [1.165, 1.54) is 270 Å². The Morgan fingerprint density at radius 2 is 0.641 bits per heavy atom. The SMILES string of the molecule is CCCCCCC/C=C\C/C=C\C/C=C\CCCCCCCCCCCCCCCCCCCCCCCCC(=O)NC(COC1OC(CO)C(OC2OC(CO)C(OC3OC(CO)C(O)C(O)C3O)C(O)C2O)C(O)C1O)C(O)CCCCCCCCCCCCCCCCCCCCCCC. The molecule has 3 aliphatic rings. The minimum Gasteiger partial charge on any atom is -0.394 e. The number of carbonyl (C=O) groups is 1. The van der Waals surface area contributed by atoms with Crippen molar-refractivity contribution in [3.63, 3.8) is 0 Å². The van der Waals surface area contributed by atoms with E-state index < -0.39 is 124 Å². The molecule has 0 aromatic rings. The van der Waals surface area contributed by atoms with Gasteiger partial charge in [0.05, 0.1) is 38.6 Å². The van der Waals surface area contributed by atoms with Crippen LogP contribution in [-0.4, -0.2) is 193 Å². The molecule has 12 N–H and O–H groups in total. The molecule has 606 valence electrons. The van der Waals surface area contributed by atoms with E-state index in [1.54, 1.807) is 0 Å². The van der Waals surface area contributed by atoms with E-state index in [-0.39, 0.29) is 18.9 Å². The summed E-state index contributed by atoms with van der Waals surface area (Å²) < 4.78 is 34.6. The van der Waals surface area contributed by atoms with Crippen LogP contribution in [0.5, 0.6) is 0 Å². The molecule has 3 fully saturated rings. The van der Waals surface area contributed by atoms with Gasteiger partial charge in [-0.05, 0) is 51.4 Å². The third-order valence-corrected chi connectivity index (χ3v) is 21.5. The van der Waals surface area contributed by atoms with Crippen LogP contribution < -0.4 is 5.32 Å². The number of aliphatic hydroxyl groups is 11. The molecule has 0 aliphatic carbocycles. The summed E-state index contributed by atoms with van der Waals surface area (Å²) in [5.74, 6) is -0.235. The molecule has 3 heterocycles. The van der Waals surface area contributed by atoms with Gasteiger partial charge in [0.15, 0.2) is 18.9 Å². The summed E-state index contributed by atoms with van der Waals surface area (Å²) in [4.78, 5) is 13.5. The van der Waals surface area contributed by atoms with Gasteiger partial charge in [0.25, 0.3) is 0 Å². The van der Waals surface area contributed by atoms with Crippen LogP contribution in [0.1, 0.15) is 361 Å². The lowest BCUT2D eigenvalue weighted by Crippen LogP contribution is -2.66. The van der Waals surface area contributed by atoms with Gasteiger partial charge in [-0.1, -0.05) is 339 Å². The lowest BCUT2D eigenvalue weighted by Gasteiger charge is -2.48. The van der Waals surface area contributed by atoms with Crippen LogP contribution in [0.15, 0.2) is 36.5 Å². The van der Waals surface area contributed by atoms with Crippen molar-refractivity contribution in [2.45, 2.75) is 465 Å². The summed E-state index contributed by atoms with van der Waals surface area (Å²) in [7, 11) is 0. The van der Waals surface area contributed by atoms with Crippen molar-refractivity contribution < 1.29 is 89.4 Å². The highest BCUT2D eigenvalue weighted by Gasteiger charge is 2.54. The summed E-state index contributed by atoms with van der Waals surface area (Å²) in [6, 6.07) is -0.887. The molecule has 0 saturated carbocycles. The average Bonchev–Trinajstić information content (AvgIpc) is 0.781. The quantitative estimate of drug-likeness (QED) is 0.0199. The van der Waals surface area contributed by atoms with Gasteiger partial charge in [0.2, 0.25) is 5.91 Å². The second-order valence-electron chi connectivity index (χ2n) is 30.7. The first kappa shape index (κ1) is 95.2. The Morgan fingerprint density at radius 1 is 0.350 bits per heavy atom. The van der Waals surface area contributed by atoms with E-state index in [9.17, 15) is 61.0 Å². The Balaban J connectivity index is 1.31. The first-order valence-corrected chi connectivity index (χ1v) is 42.7. The first-order chi connectivity index (χ1) is 50.3. The lowest BCUT2D eigenvalue weighted by molar-refractivity contribution is -0.379. The first-order valence-electron chi connectivity index (χ1n) is 42.7. The van der Waals surface area contributed by atoms with Crippen molar-refractivity contribution in [1.29, 1.82) is 0 Å². The number of hydrogen-bond donors (Lipinski definition) is 12.